The summed E-state index contributed by atoms with van der Waals surface area (Å²) in [5.74, 6) is -0.109. The van der Waals surface area contributed by atoms with Gasteiger partial charge >= 0.3 is 6.09 Å². The second-order valence-electron chi connectivity index (χ2n) is 5.34. The zero-order valence-electron chi connectivity index (χ0n) is 13.0. The lowest BCUT2D eigenvalue weighted by atomic mass is 10.2. The standard InChI is InChI=1S/C13H26N2O5/c1-13(2,3)20-12(17)15(4)9-6-8-14-11(16)7-10-19-18-5/h6-10H2,1-5H3,(H,14,16). The van der Waals surface area contributed by atoms with Crippen LogP contribution < -0.4 is 5.32 Å². The average Bonchev–Trinajstić information content (AvgIpc) is 2.32. The lowest BCUT2D eigenvalue weighted by Crippen LogP contribution is -2.36. The summed E-state index contributed by atoms with van der Waals surface area (Å²) in [6.07, 6.45) is 0.542. The molecule has 1 N–H and O–H groups in total. The van der Waals surface area contributed by atoms with Gasteiger partial charge in [0.2, 0.25) is 5.91 Å². The van der Waals surface area contributed by atoms with Crippen molar-refractivity contribution in [3.05, 3.63) is 0 Å². The Labute approximate surface area is 120 Å². The Bertz CT molecular complexity index is 302. The van der Waals surface area contributed by atoms with Gasteiger partial charge in [0.1, 0.15) is 5.60 Å². The number of carbonyl (C=O) groups excluding carboxylic acids is 2. The monoisotopic (exact) mass is 290 g/mol. The Morgan fingerprint density at radius 2 is 1.90 bits per heavy atom. The molecule has 0 aliphatic heterocycles. The summed E-state index contributed by atoms with van der Waals surface area (Å²) in [4.78, 5) is 33.4. The van der Waals surface area contributed by atoms with E-state index >= 15 is 0 Å². The van der Waals surface area contributed by atoms with Gasteiger partial charge in [0, 0.05) is 20.1 Å². The smallest absolute Gasteiger partial charge is 0.410 e. The molecule has 0 aromatic heterocycles. The average molecular weight is 290 g/mol. The highest BCUT2D eigenvalue weighted by Gasteiger charge is 2.19. The van der Waals surface area contributed by atoms with Crippen molar-refractivity contribution in [3.8, 4) is 0 Å². The van der Waals surface area contributed by atoms with Crippen LogP contribution in [0.25, 0.3) is 0 Å². The van der Waals surface area contributed by atoms with Gasteiger partial charge in [0.05, 0.1) is 20.1 Å². The molecule has 0 aliphatic rings. The van der Waals surface area contributed by atoms with E-state index in [0.29, 0.717) is 19.5 Å². The minimum atomic E-state index is -0.499. The SMILES string of the molecule is COOCCC(=O)NCCCN(C)C(=O)OC(C)(C)C. The first-order valence-electron chi connectivity index (χ1n) is 6.62. The van der Waals surface area contributed by atoms with Gasteiger partial charge in [-0.3, -0.25) is 4.79 Å². The maximum atomic E-state index is 11.6. The van der Waals surface area contributed by atoms with Crippen LogP contribution in [-0.4, -0.2) is 56.4 Å². The number of hydrogen-bond acceptors (Lipinski definition) is 5. The van der Waals surface area contributed by atoms with E-state index in [4.69, 9.17) is 4.74 Å². The number of nitrogens with one attached hydrogen (secondary N) is 1. The molecule has 0 radical (unpaired) electrons. The van der Waals surface area contributed by atoms with Crippen molar-refractivity contribution >= 4 is 12.0 Å². The molecule has 20 heavy (non-hydrogen) atoms. The zero-order valence-corrected chi connectivity index (χ0v) is 13.0. The van der Waals surface area contributed by atoms with Crippen molar-refractivity contribution in [2.45, 2.75) is 39.2 Å². The van der Waals surface area contributed by atoms with E-state index in [9.17, 15) is 9.59 Å². The second-order valence-corrected chi connectivity index (χ2v) is 5.34. The topological polar surface area (TPSA) is 77.1 Å². The van der Waals surface area contributed by atoms with Crippen molar-refractivity contribution in [2.24, 2.45) is 0 Å². The molecule has 0 spiro atoms. The van der Waals surface area contributed by atoms with E-state index in [0.717, 1.165) is 0 Å². The van der Waals surface area contributed by atoms with Crippen LogP contribution in [0.1, 0.15) is 33.6 Å². The van der Waals surface area contributed by atoms with Crippen LogP contribution in [0.2, 0.25) is 0 Å². The summed E-state index contributed by atoms with van der Waals surface area (Å²) in [6.45, 7) is 6.70. The molecule has 7 heteroatoms. The Hall–Kier alpha value is -1.34. The van der Waals surface area contributed by atoms with E-state index in [-0.39, 0.29) is 25.0 Å². The van der Waals surface area contributed by atoms with Crippen molar-refractivity contribution in [3.63, 3.8) is 0 Å². The first kappa shape index (κ1) is 18.7. The van der Waals surface area contributed by atoms with Gasteiger partial charge in [-0.15, -0.1) is 0 Å². The minimum Gasteiger partial charge on any atom is -0.444 e. The molecular weight excluding hydrogens is 264 g/mol. The Kier molecular flexibility index (Phi) is 8.91. The molecule has 0 unspecified atom stereocenters. The second kappa shape index (κ2) is 9.55. The van der Waals surface area contributed by atoms with Crippen LogP contribution in [0.3, 0.4) is 0 Å². The number of ether oxygens (including phenoxy) is 1. The van der Waals surface area contributed by atoms with Crippen LogP contribution in [0.4, 0.5) is 4.79 Å². The molecule has 0 fully saturated rings. The molecule has 0 heterocycles. The van der Waals surface area contributed by atoms with Gasteiger partial charge in [-0.1, -0.05) is 0 Å². The molecule has 7 nitrogen and oxygen atoms in total. The van der Waals surface area contributed by atoms with Crippen LogP contribution in [-0.2, 0) is 19.3 Å². The van der Waals surface area contributed by atoms with E-state index in [1.165, 1.54) is 12.0 Å². The molecule has 0 aliphatic carbocycles. The summed E-state index contributed by atoms with van der Waals surface area (Å²) in [6, 6.07) is 0. The zero-order chi connectivity index (χ0) is 15.6. The maximum Gasteiger partial charge on any atom is 0.410 e. The molecule has 0 aromatic rings. The van der Waals surface area contributed by atoms with Crippen LogP contribution in [0, 0.1) is 0 Å². The fraction of sp³-hybridized carbons (Fsp3) is 0.846. The third-order valence-electron chi connectivity index (χ3n) is 2.23. The first-order valence-corrected chi connectivity index (χ1v) is 6.62. The lowest BCUT2D eigenvalue weighted by Gasteiger charge is -2.24. The molecule has 0 atom stereocenters. The first-order chi connectivity index (χ1) is 9.26. The van der Waals surface area contributed by atoms with Gasteiger partial charge in [0.15, 0.2) is 0 Å². The van der Waals surface area contributed by atoms with Gasteiger partial charge in [0.25, 0.3) is 0 Å². The number of carbonyl (C=O) groups is 2. The predicted octanol–water partition coefficient (Wildman–Crippen LogP) is 1.33. The van der Waals surface area contributed by atoms with Gasteiger partial charge in [-0.05, 0) is 27.2 Å². The number of hydrogen-bond donors (Lipinski definition) is 1. The summed E-state index contributed by atoms with van der Waals surface area (Å²) in [5, 5.41) is 2.73. The Morgan fingerprint density at radius 3 is 2.45 bits per heavy atom. The third kappa shape index (κ3) is 10.6. The molecule has 0 saturated heterocycles. The highest BCUT2D eigenvalue weighted by atomic mass is 17.2. The normalized spacial score (nSPS) is 11.1. The van der Waals surface area contributed by atoms with E-state index < -0.39 is 5.60 Å². The minimum absolute atomic E-state index is 0.109. The van der Waals surface area contributed by atoms with Crippen LogP contribution in [0.5, 0.6) is 0 Å². The summed E-state index contributed by atoms with van der Waals surface area (Å²) < 4.78 is 5.21. The van der Waals surface area contributed by atoms with E-state index in [1.807, 2.05) is 20.8 Å². The highest BCUT2D eigenvalue weighted by Crippen LogP contribution is 2.08. The van der Waals surface area contributed by atoms with Gasteiger partial charge < -0.3 is 15.0 Å². The number of rotatable bonds is 8. The number of amides is 2. The summed E-state index contributed by atoms with van der Waals surface area (Å²) in [7, 11) is 3.06. The molecule has 118 valence electrons. The molecule has 2 amide bonds. The lowest BCUT2D eigenvalue weighted by molar-refractivity contribution is -0.271. The van der Waals surface area contributed by atoms with E-state index in [2.05, 4.69) is 15.1 Å². The van der Waals surface area contributed by atoms with Gasteiger partial charge in [-0.2, -0.15) is 0 Å². The van der Waals surface area contributed by atoms with Crippen LogP contribution >= 0.6 is 0 Å². The van der Waals surface area contributed by atoms with Crippen molar-refractivity contribution < 1.29 is 24.1 Å². The Balaban J connectivity index is 3.68. The van der Waals surface area contributed by atoms with Crippen LogP contribution in [0.15, 0.2) is 0 Å². The molecule has 0 bridgehead atoms. The third-order valence-corrected chi connectivity index (χ3v) is 2.23. The largest absolute Gasteiger partial charge is 0.444 e. The molecular formula is C13H26N2O5. The Morgan fingerprint density at radius 1 is 1.25 bits per heavy atom. The predicted molar refractivity (Wildman–Crippen MR) is 74.1 cm³/mol. The van der Waals surface area contributed by atoms with Crippen molar-refractivity contribution in [1.82, 2.24) is 10.2 Å². The summed E-state index contributed by atoms with van der Waals surface area (Å²) in [5.41, 5.74) is -0.499. The quantitative estimate of drug-likeness (QED) is 0.414. The molecule has 0 aromatic carbocycles. The van der Waals surface area contributed by atoms with Gasteiger partial charge in [-0.25, -0.2) is 14.6 Å². The van der Waals surface area contributed by atoms with Crippen molar-refractivity contribution in [2.75, 3.05) is 33.9 Å². The fourth-order valence-corrected chi connectivity index (χ4v) is 1.28. The van der Waals surface area contributed by atoms with E-state index in [1.54, 1.807) is 7.05 Å². The highest BCUT2D eigenvalue weighted by molar-refractivity contribution is 5.75. The summed E-state index contributed by atoms with van der Waals surface area (Å²) >= 11 is 0. The fourth-order valence-electron chi connectivity index (χ4n) is 1.28. The number of nitrogens with zero attached hydrogens (tertiary/aromatic N) is 1. The van der Waals surface area contributed by atoms with Crippen molar-refractivity contribution in [1.29, 1.82) is 0 Å². The maximum absolute atomic E-state index is 11.6. The molecule has 0 saturated carbocycles. The molecule has 0 rings (SSSR count).